The van der Waals surface area contributed by atoms with E-state index in [1.807, 2.05) is 84.8 Å². The third-order valence-electron chi connectivity index (χ3n) is 8.48. The summed E-state index contributed by atoms with van der Waals surface area (Å²) in [7, 11) is 0. The molecule has 0 unspecified atom stereocenters. The monoisotopic (exact) mass is 598 g/mol. The molecular weight excluding hydrogens is 552 g/mol. The average molecular weight is 599 g/mol. The summed E-state index contributed by atoms with van der Waals surface area (Å²) in [6.07, 6.45) is 11.5. The zero-order valence-electron chi connectivity index (χ0n) is 26.1. The second kappa shape index (κ2) is 16.2. The molecule has 3 heterocycles. The zero-order chi connectivity index (χ0) is 30.6. The molecule has 9 nitrogen and oxygen atoms in total. The number of hydrogen-bond donors (Lipinski definition) is 0. The van der Waals surface area contributed by atoms with Gasteiger partial charge < -0.3 is 28.4 Å². The van der Waals surface area contributed by atoms with E-state index in [2.05, 4.69) is 43.4 Å². The molecule has 1 aliphatic heterocycles. The summed E-state index contributed by atoms with van der Waals surface area (Å²) in [5, 5.41) is 0. The molecule has 2 atom stereocenters. The second-order valence-corrected chi connectivity index (χ2v) is 11.6. The van der Waals surface area contributed by atoms with E-state index >= 15 is 0 Å². The third kappa shape index (κ3) is 8.57. The SMILES string of the molecule is Cc1nccn1CCCCN1C(=O)N(CCCCn2ccnc2C)[C@H](COCc2ccccc2)[C@H]1COCc1ccccc1. The molecule has 5 rings (SSSR count). The van der Waals surface area contributed by atoms with Crippen LogP contribution < -0.4 is 0 Å². The van der Waals surface area contributed by atoms with Crippen molar-refractivity contribution < 1.29 is 14.3 Å². The maximum Gasteiger partial charge on any atom is 0.320 e. The molecule has 1 saturated heterocycles. The summed E-state index contributed by atoms with van der Waals surface area (Å²) in [6, 6.07) is 20.3. The minimum Gasteiger partial charge on any atom is -0.375 e. The molecule has 44 heavy (non-hydrogen) atoms. The van der Waals surface area contributed by atoms with E-state index in [9.17, 15) is 4.79 Å². The number of rotatable bonds is 18. The first kappa shape index (κ1) is 31.5. The fraction of sp³-hybridized carbons (Fsp3) is 0.457. The average Bonchev–Trinajstić information content (AvgIpc) is 3.72. The van der Waals surface area contributed by atoms with Crippen molar-refractivity contribution in [3.63, 3.8) is 0 Å². The van der Waals surface area contributed by atoms with E-state index in [4.69, 9.17) is 9.47 Å². The number of imidazole rings is 2. The van der Waals surface area contributed by atoms with E-state index in [-0.39, 0.29) is 18.1 Å². The molecule has 2 aromatic heterocycles. The van der Waals surface area contributed by atoms with E-state index in [1.165, 1.54) is 0 Å². The molecule has 0 bridgehead atoms. The maximum absolute atomic E-state index is 14.1. The Kier molecular flexibility index (Phi) is 11.6. The Morgan fingerprint density at radius 1 is 0.614 bits per heavy atom. The number of ether oxygens (including phenoxy) is 2. The van der Waals surface area contributed by atoms with E-state index in [1.54, 1.807) is 0 Å². The number of urea groups is 1. The number of nitrogens with zero attached hydrogens (tertiary/aromatic N) is 6. The first-order valence-electron chi connectivity index (χ1n) is 15.9. The molecule has 0 aliphatic carbocycles. The summed E-state index contributed by atoms with van der Waals surface area (Å²) in [5.41, 5.74) is 2.25. The van der Waals surface area contributed by atoms with Crippen LogP contribution >= 0.6 is 0 Å². The van der Waals surface area contributed by atoms with Crippen molar-refractivity contribution in [1.29, 1.82) is 0 Å². The number of hydrogen-bond acceptors (Lipinski definition) is 5. The van der Waals surface area contributed by atoms with Gasteiger partial charge in [0.25, 0.3) is 0 Å². The van der Waals surface area contributed by atoms with Crippen LogP contribution in [0.4, 0.5) is 4.79 Å². The summed E-state index contributed by atoms with van der Waals surface area (Å²) >= 11 is 0. The normalized spacial score (nSPS) is 16.7. The summed E-state index contributed by atoms with van der Waals surface area (Å²) < 4.78 is 16.9. The molecule has 4 aromatic rings. The molecule has 234 valence electrons. The van der Waals surface area contributed by atoms with Gasteiger partial charge in [0, 0.05) is 51.0 Å². The van der Waals surface area contributed by atoms with Gasteiger partial charge in [0.2, 0.25) is 0 Å². The Balaban J connectivity index is 1.26. The summed E-state index contributed by atoms with van der Waals surface area (Å²) in [4.78, 5) is 26.8. The topological polar surface area (TPSA) is 77.7 Å². The fourth-order valence-corrected chi connectivity index (χ4v) is 5.94. The predicted molar refractivity (Wildman–Crippen MR) is 171 cm³/mol. The van der Waals surface area contributed by atoms with Crippen LogP contribution in [-0.2, 0) is 35.8 Å². The van der Waals surface area contributed by atoms with Gasteiger partial charge >= 0.3 is 6.03 Å². The number of aromatic nitrogens is 4. The molecule has 0 radical (unpaired) electrons. The number of aryl methyl sites for hydroxylation is 4. The highest BCUT2D eigenvalue weighted by Gasteiger charge is 2.45. The third-order valence-corrected chi connectivity index (χ3v) is 8.48. The van der Waals surface area contributed by atoms with Crippen molar-refractivity contribution >= 4 is 6.03 Å². The smallest absolute Gasteiger partial charge is 0.320 e. The molecule has 1 aliphatic rings. The Morgan fingerprint density at radius 2 is 1.02 bits per heavy atom. The maximum atomic E-state index is 14.1. The molecule has 0 N–H and O–H groups in total. The number of carbonyl (C=O) groups excluding carboxylic acids is 1. The highest BCUT2D eigenvalue weighted by Crippen LogP contribution is 2.26. The number of benzene rings is 2. The largest absolute Gasteiger partial charge is 0.375 e. The van der Waals surface area contributed by atoms with Gasteiger partial charge in [-0.1, -0.05) is 60.7 Å². The first-order valence-corrected chi connectivity index (χ1v) is 15.9. The van der Waals surface area contributed by atoms with Gasteiger partial charge in [-0.15, -0.1) is 0 Å². The number of amides is 2. The highest BCUT2D eigenvalue weighted by molar-refractivity contribution is 5.78. The van der Waals surface area contributed by atoms with E-state index < -0.39 is 0 Å². The van der Waals surface area contributed by atoms with Crippen molar-refractivity contribution in [2.24, 2.45) is 0 Å². The zero-order valence-corrected chi connectivity index (χ0v) is 26.1. The Bertz CT molecular complexity index is 1300. The van der Waals surface area contributed by atoms with E-state index in [0.717, 1.165) is 61.5 Å². The van der Waals surface area contributed by atoms with Crippen LogP contribution in [-0.4, -0.2) is 73.3 Å². The van der Waals surface area contributed by atoms with Gasteiger partial charge in [0.05, 0.1) is 38.5 Å². The predicted octanol–water partition coefficient (Wildman–Crippen LogP) is 5.87. The lowest BCUT2D eigenvalue weighted by Crippen LogP contribution is -2.44. The van der Waals surface area contributed by atoms with Crippen molar-refractivity contribution in [3.8, 4) is 0 Å². The van der Waals surface area contributed by atoms with Gasteiger partial charge in [0.1, 0.15) is 11.6 Å². The molecule has 9 heteroatoms. The molecule has 0 spiro atoms. The van der Waals surface area contributed by atoms with Crippen molar-refractivity contribution in [3.05, 3.63) is 108 Å². The lowest BCUT2D eigenvalue weighted by Gasteiger charge is -2.28. The highest BCUT2D eigenvalue weighted by atomic mass is 16.5. The van der Waals surface area contributed by atoms with Crippen molar-refractivity contribution in [1.82, 2.24) is 28.9 Å². The Morgan fingerprint density at radius 3 is 1.41 bits per heavy atom. The van der Waals surface area contributed by atoms with Gasteiger partial charge in [-0.3, -0.25) is 0 Å². The lowest BCUT2D eigenvalue weighted by molar-refractivity contribution is 0.0274. The van der Waals surface area contributed by atoms with Gasteiger partial charge in [-0.05, 0) is 50.7 Å². The van der Waals surface area contributed by atoms with Crippen LogP contribution in [0, 0.1) is 13.8 Å². The molecular formula is C35H46N6O3. The van der Waals surface area contributed by atoms with Crippen LogP contribution in [0.15, 0.2) is 85.5 Å². The number of unbranched alkanes of at least 4 members (excludes halogenated alkanes) is 2. The van der Waals surface area contributed by atoms with Crippen molar-refractivity contribution in [2.45, 2.75) is 77.9 Å². The second-order valence-electron chi connectivity index (χ2n) is 11.6. The fourth-order valence-electron chi connectivity index (χ4n) is 5.94. The quantitative estimate of drug-likeness (QED) is 0.134. The number of carbonyl (C=O) groups is 1. The van der Waals surface area contributed by atoms with Crippen molar-refractivity contribution in [2.75, 3.05) is 26.3 Å². The first-order chi connectivity index (χ1) is 21.6. The Hall–Kier alpha value is -3.95. The molecule has 2 aromatic carbocycles. The minimum atomic E-state index is -0.0899. The standard InChI is InChI=1S/C35H46N6O3/c1-29-36-17-23-38(29)19-9-11-21-40-33(27-43-25-31-13-5-3-6-14-31)34(28-44-26-32-15-7-4-8-16-32)41(35(40)42)22-12-10-20-39-24-18-37-30(39)2/h3-8,13-18,23-24,33-34H,9-12,19-22,25-28H2,1-2H3/t33-,34-/m1/s1. The van der Waals surface area contributed by atoms with Gasteiger partial charge in [-0.2, -0.15) is 0 Å². The molecule has 1 fully saturated rings. The van der Waals surface area contributed by atoms with E-state index in [0.29, 0.717) is 39.5 Å². The van der Waals surface area contributed by atoms with Crippen LogP contribution in [0.2, 0.25) is 0 Å². The van der Waals surface area contributed by atoms with Gasteiger partial charge in [-0.25, -0.2) is 14.8 Å². The van der Waals surface area contributed by atoms with Crippen LogP contribution in [0.3, 0.4) is 0 Å². The summed E-state index contributed by atoms with van der Waals surface area (Å²) in [5.74, 6) is 2.03. The minimum absolute atomic E-state index is 0.0873. The van der Waals surface area contributed by atoms with Crippen LogP contribution in [0.25, 0.3) is 0 Å². The van der Waals surface area contributed by atoms with Crippen LogP contribution in [0.5, 0.6) is 0 Å². The summed E-state index contributed by atoms with van der Waals surface area (Å²) in [6.45, 7) is 9.16. The molecule has 2 amide bonds. The lowest BCUT2D eigenvalue weighted by atomic mass is 10.1. The molecule has 0 saturated carbocycles. The Labute approximate surface area is 261 Å². The van der Waals surface area contributed by atoms with Gasteiger partial charge in [0.15, 0.2) is 0 Å². The van der Waals surface area contributed by atoms with Crippen LogP contribution in [0.1, 0.15) is 48.5 Å².